The van der Waals surface area contributed by atoms with Crippen molar-refractivity contribution in [2.45, 2.75) is 4.90 Å². The van der Waals surface area contributed by atoms with Crippen LogP contribution in [0.5, 0.6) is 11.5 Å². The molecular weight excluding hydrogens is 303 g/mol. The van der Waals surface area contributed by atoms with Crippen molar-refractivity contribution in [1.29, 1.82) is 0 Å². The fourth-order valence-electron chi connectivity index (χ4n) is 2.33. The van der Waals surface area contributed by atoms with Crippen LogP contribution in [-0.2, 0) is 0 Å². The maximum atomic E-state index is 13.7. The van der Waals surface area contributed by atoms with Crippen molar-refractivity contribution in [3.05, 3.63) is 58.9 Å². The Morgan fingerprint density at radius 1 is 1.32 bits per heavy atom. The van der Waals surface area contributed by atoms with E-state index in [2.05, 4.69) is 0 Å². The van der Waals surface area contributed by atoms with Gasteiger partial charge in [-0.3, -0.25) is 4.79 Å². The minimum absolute atomic E-state index is 0.0132. The molecule has 0 spiro atoms. The number of benzene rings is 2. The van der Waals surface area contributed by atoms with E-state index in [1.165, 1.54) is 37.1 Å². The highest BCUT2D eigenvalue weighted by Crippen LogP contribution is 2.36. The third-order valence-corrected chi connectivity index (χ3v) is 4.58. The highest BCUT2D eigenvalue weighted by molar-refractivity contribution is 7.99. The summed E-state index contributed by atoms with van der Waals surface area (Å²) in [5, 5.41) is 9.79. The molecule has 0 unspecified atom stereocenters. The molecule has 2 aromatic rings. The summed E-state index contributed by atoms with van der Waals surface area (Å²) in [7, 11) is 1.47. The number of aromatic hydroxyl groups is 1. The molecule has 1 N–H and O–H groups in total. The Balaban J connectivity index is 1.96. The number of carbonyl (C=O) groups is 1. The molecule has 0 bridgehead atoms. The van der Waals surface area contributed by atoms with Gasteiger partial charge in [0.15, 0.2) is 17.3 Å². The lowest BCUT2D eigenvalue weighted by Gasteiger charge is -2.17. The minimum atomic E-state index is -0.364. The third-order valence-electron chi connectivity index (χ3n) is 3.42. The summed E-state index contributed by atoms with van der Waals surface area (Å²) < 4.78 is 18.7. The molecule has 1 aliphatic rings. The number of methoxy groups -OCH3 is 1. The van der Waals surface area contributed by atoms with E-state index in [9.17, 15) is 14.3 Å². The lowest BCUT2D eigenvalue weighted by atomic mass is 10.0. The van der Waals surface area contributed by atoms with Gasteiger partial charge < -0.3 is 9.84 Å². The van der Waals surface area contributed by atoms with E-state index in [-0.39, 0.29) is 17.3 Å². The van der Waals surface area contributed by atoms with Crippen LogP contribution >= 0.6 is 11.8 Å². The quantitative estimate of drug-likeness (QED) is 0.853. The summed E-state index contributed by atoms with van der Waals surface area (Å²) in [6.45, 7) is 0. The highest BCUT2D eigenvalue weighted by Gasteiger charge is 2.24. The second kappa shape index (κ2) is 5.85. The van der Waals surface area contributed by atoms with E-state index in [4.69, 9.17) is 4.74 Å². The fraction of sp³-hybridized carbons (Fsp3) is 0.118. The van der Waals surface area contributed by atoms with Crippen molar-refractivity contribution in [3.8, 4) is 11.5 Å². The van der Waals surface area contributed by atoms with Gasteiger partial charge in [0, 0.05) is 16.9 Å². The molecular formula is C17H13FO3S. The normalized spacial score (nSPS) is 15.7. The number of hydrogen-bond donors (Lipinski definition) is 1. The fourth-order valence-corrected chi connectivity index (χ4v) is 3.36. The van der Waals surface area contributed by atoms with Crippen molar-refractivity contribution >= 4 is 23.6 Å². The summed E-state index contributed by atoms with van der Waals surface area (Å²) >= 11 is 1.31. The number of phenols is 1. The lowest BCUT2D eigenvalue weighted by molar-refractivity contribution is 0.103. The second-order valence-corrected chi connectivity index (χ2v) is 5.82. The third kappa shape index (κ3) is 2.60. The van der Waals surface area contributed by atoms with Crippen LogP contribution in [0, 0.1) is 5.82 Å². The average Bonchev–Trinajstić information content (AvgIpc) is 2.51. The van der Waals surface area contributed by atoms with E-state index >= 15 is 0 Å². The van der Waals surface area contributed by atoms with Crippen molar-refractivity contribution in [2.24, 2.45) is 0 Å². The first kappa shape index (κ1) is 14.7. The largest absolute Gasteiger partial charge is 0.504 e. The van der Waals surface area contributed by atoms with Crippen LogP contribution in [0.2, 0.25) is 0 Å². The standard InChI is InChI=1S/C17H13FO3S/c1-21-15-6-5-10(8-14(15)19)7-11-9-22-17-12(16(11)20)3-2-4-13(17)18/h2-8,19H,9H2,1H3/b11-7+. The van der Waals surface area contributed by atoms with Gasteiger partial charge in [-0.2, -0.15) is 0 Å². The van der Waals surface area contributed by atoms with Crippen LogP contribution in [0.4, 0.5) is 4.39 Å². The van der Waals surface area contributed by atoms with Crippen molar-refractivity contribution in [1.82, 2.24) is 0 Å². The molecule has 1 heterocycles. The molecule has 0 saturated heterocycles. The molecule has 1 aliphatic heterocycles. The first-order valence-electron chi connectivity index (χ1n) is 6.63. The predicted molar refractivity (Wildman–Crippen MR) is 84.1 cm³/mol. The number of rotatable bonds is 2. The molecule has 0 atom stereocenters. The number of fused-ring (bicyclic) bond motifs is 1. The van der Waals surface area contributed by atoms with Crippen molar-refractivity contribution < 1.29 is 19.0 Å². The Bertz CT molecular complexity index is 783. The van der Waals surface area contributed by atoms with Gasteiger partial charge in [-0.1, -0.05) is 12.1 Å². The molecule has 3 nitrogen and oxygen atoms in total. The number of halogens is 1. The number of carbonyl (C=O) groups excluding carboxylic acids is 1. The lowest BCUT2D eigenvalue weighted by Crippen LogP contribution is -2.13. The molecule has 5 heteroatoms. The van der Waals surface area contributed by atoms with Crippen LogP contribution in [0.25, 0.3) is 6.08 Å². The highest BCUT2D eigenvalue weighted by atomic mass is 32.2. The summed E-state index contributed by atoms with van der Waals surface area (Å²) in [4.78, 5) is 12.9. The summed E-state index contributed by atoms with van der Waals surface area (Å²) in [6, 6.07) is 9.45. The SMILES string of the molecule is COc1ccc(/C=C2\CSc3c(F)cccc3C2=O)cc1O. The van der Waals surface area contributed by atoms with Crippen LogP contribution < -0.4 is 4.74 Å². The summed E-state index contributed by atoms with van der Waals surface area (Å²) in [6.07, 6.45) is 1.71. The molecule has 2 aromatic carbocycles. The van der Waals surface area contributed by atoms with Gasteiger partial charge >= 0.3 is 0 Å². The molecule has 112 valence electrons. The molecule has 0 aliphatic carbocycles. The topological polar surface area (TPSA) is 46.5 Å². The zero-order valence-corrected chi connectivity index (χ0v) is 12.6. The van der Waals surface area contributed by atoms with Crippen LogP contribution in [0.15, 0.2) is 46.9 Å². The molecule has 22 heavy (non-hydrogen) atoms. The molecule has 0 radical (unpaired) electrons. The smallest absolute Gasteiger partial charge is 0.191 e. The zero-order valence-electron chi connectivity index (χ0n) is 11.8. The van der Waals surface area contributed by atoms with E-state index in [1.54, 1.807) is 24.3 Å². The molecule has 0 fully saturated rings. The van der Waals surface area contributed by atoms with Gasteiger partial charge in [-0.25, -0.2) is 4.39 Å². The molecule has 0 amide bonds. The van der Waals surface area contributed by atoms with Crippen molar-refractivity contribution in [3.63, 3.8) is 0 Å². The number of thioether (sulfide) groups is 1. The Labute approximate surface area is 131 Å². The first-order chi connectivity index (χ1) is 10.6. The molecule has 3 rings (SSSR count). The number of Topliss-reactive ketones (excluding diaryl/α,β-unsaturated/α-hetero) is 1. The van der Waals surface area contributed by atoms with Gasteiger partial charge in [0.1, 0.15) is 5.82 Å². The first-order valence-corrected chi connectivity index (χ1v) is 7.62. The Morgan fingerprint density at radius 3 is 2.86 bits per heavy atom. The number of hydrogen-bond acceptors (Lipinski definition) is 4. The number of ether oxygens (including phenoxy) is 1. The maximum Gasteiger partial charge on any atom is 0.191 e. The van der Waals surface area contributed by atoms with Gasteiger partial charge in [-0.15, -0.1) is 11.8 Å². The minimum Gasteiger partial charge on any atom is -0.504 e. The summed E-state index contributed by atoms with van der Waals surface area (Å²) in [5.41, 5.74) is 1.66. The average molecular weight is 316 g/mol. The second-order valence-electron chi connectivity index (χ2n) is 4.84. The van der Waals surface area contributed by atoms with Crippen LogP contribution in [0.1, 0.15) is 15.9 Å². The Morgan fingerprint density at radius 2 is 2.14 bits per heavy atom. The molecule has 0 aromatic heterocycles. The Kier molecular flexibility index (Phi) is 3.90. The number of ketones is 1. The van der Waals surface area contributed by atoms with E-state index in [0.717, 1.165) is 0 Å². The summed E-state index contributed by atoms with van der Waals surface area (Å²) in [5.74, 6) is 0.248. The number of phenolic OH excluding ortho intramolecular Hbond substituents is 1. The van der Waals surface area contributed by atoms with E-state index in [0.29, 0.717) is 33.1 Å². The predicted octanol–water partition coefficient (Wildman–Crippen LogP) is 3.91. The van der Waals surface area contributed by atoms with Crippen LogP contribution in [-0.4, -0.2) is 23.8 Å². The van der Waals surface area contributed by atoms with Gasteiger partial charge in [0.25, 0.3) is 0 Å². The van der Waals surface area contributed by atoms with Gasteiger partial charge in [0.05, 0.1) is 12.0 Å². The van der Waals surface area contributed by atoms with Gasteiger partial charge in [-0.05, 0) is 35.9 Å². The Hall–Kier alpha value is -2.27. The van der Waals surface area contributed by atoms with Crippen molar-refractivity contribution in [2.75, 3.05) is 12.9 Å². The van der Waals surface area contributed by atoms with Crippen LogP contribution in [0.3, 0.4) is 0 Å². The molecule has 0 saturated carbocycles. The zero-order chi connectivity index (χ0) is 15.7. The van der Waals surface area contributed by atoms with E-state index in [1.807, 2.05) is 0 Å². The maximum absolute atomic E-state index is 13.7. The monoisotopic (exact) mass is 316 g/mol. The van der Waals surface area contributed by atoms with Gasteiger partial charge in [0.2, 0.25) is 0 Å². The van der Waals surface area contributed by atoms with E-state index < -0.39 is 0 Å².